The maximum atomic E-state index is 11.8. The number of carbonyl (C=O) groups is 1. The second kappa shape index (κ2) is 7.44. The minimum Gasteiger partial charge on any atom is -0.354 e. The van der Waals surface area contributed by atoms with E-state index in [1.807, 2.05) is 13.0 Å². The predicted molar refractivity (Wildman–Crippen MR) is 67.2 cm³/mol. The minimum atomic E-state index is 0.0318. The van der Waals surface area contributed by atoms with E-state index in [0.29, 0.717) is 5.92 Å². The van der Waals surface area contributed by atoms with E-state index >= 15 is 0 Å². The van der Waals surface area contributed by atoms with Crippen LogP contribution in [0.2, 0.25) is 0 Å². The van der Waals surface area contributed by atoms with Gasteiger partial charge in [-0.3, -0.25) is 4.79 Å². The molecule has 1 fully saturated rings. The summed E-state index contributed by atoms with van der Waals surface area (Å²) in [6.07, 6.45) is 8.39. The van der Waals surface area contributed by atoms with Gasteiger partial charge in [0, 0.05) is 6.54 Å². The second-order valence-electron chi connectivity index (χ2n) is 4.45. The van der Waals surface area contributed by atoms with Gasteiger partial charge in [-0.25, -0.2) is 0 Å². The molecule has 2 unspecified atom stereocenters. The Labute approximate surface area is 98.7 Å². The number of hydrogen-bond acceptors (Lipinski definition) is 2. The summed E-state index contributed by atoms with van der Waals surface area (Å²) in [4.78, 5) is 11.8. The normalized spacial score (nSPS) is 25.9. The van der Waals surface area contributed by atoms with E-state index < -0.39 is 0 Å². The zero-order chi connectivity index (χ0) is 11.8. The number of rotatable bonds is 5. The fourth-order valence-corrected chi connectivity index (χ4v) is 2.14. The Morgan fingerprint density at radius 3 is 3.06 bits per heavy atom. The fourth-order valence-electron chi connectivity index (χ4n) is 2.14. The standard InChI is InChI=1S/C13H24N2O/c1-3-5-6-8-15-13(16)12-10-11(4-2)7-9-14-12/h3,5,11-12,14H,4,6-10H2,1-2H3,(H,15,16)/b5-3+. The molecule has 0 bridgehead atoms. The topological polar surface area (TPSA) is 41.1 Å². The van der Waals surface area contributed by atoms with Crippen LogP contribution in [0.5, 0.6) is 0 Å². The van der Waals surface area contributed by atoms with Gasteiger partial charge in [0.05, 0.1) is 6.04 Å². The Morgan fingerprint density at radius 1 is 1.56 bits per heavy atom. The van der Waals surface area contributed by atoms with Gasteiger partial charge in [0.25, 0.3) is 0 Å². The third kappa shape index (κ3) is 4.35. The van der Waals surface area contributed by atoms with Gasteiger partial charge in [-0.2, -0.15) is 0 Å². The zero-order valence-electron chi connectivity index (χ0n) is 10.5. The van der Waals surface area contributed by atoms with Crippen LogP contribution in [0.3, 0.4) is 0 Å². The average Bonchev–Trinajstić information content (AvgIpc) is 2.34. The third-order valence-corrected chi connectivity index (χ3v) is 3.25. The van der Waals surface area contributed by atoms with Crippen molar-refractivity contribution in [2.45, 2.75) is 45.6 Å². The number of allylic oxidation sites excluding steroid dienone is 1. The van der Waals surface area contributed by atoms with Crippen LogP contribution < -0.4 is 10.6 Å². The Balaban J connectivity index is 2.24. The van der Waals surface area contributed by atoms with E-state index in [1.54, 1.807) is 0 Å². The van der Waals surface area contributed by atoms with Crippen molar-refractivity contribution in [2.24, 2.45) is 5.92 Å². The van der Waals surface area contributed by atoms with Crippen molar-refractivity contribution in [3.63, 3.8) is 0 Å². The van der Waals surface area contributed by atoms with Crippen LogP contribution in [-0.2, 0) is 4.79 Å². The maximum Gasteiger partial charge on any atom is 0.237 e. The Morgan fingerprint density at radius 2 is 2.38 bits per heavy atom. The lowest BCUT2D eigenvalue weighted by atomic mass is 9.90. The highest BCUT2D eigenvalue weighted by Gasteiger charge is 2.25. The van der Waals surface area contributed by atoms with E-state index in [2.05, 4.69) is 23.6 Å². The van der Waals surface area contributed by atoms with Gasteiger partial charge in [-0.15, -0.1) is 0 Å². The number of amides is 1. The van der Waals surface area contributed by atoms with E-state index in [-0.39, 0.29) is 11.9 Å². The summed E-state index contributed by atoms with van der Waals surface area (Å²) in [5, 5.41) is 6.27. The lowest BCUT2D eigenvalue weighted by molar-refractivity contribution is -0.124. The van der Waals surface area contributed by atoms with E-state index in [1.165, 1.54) is 12.8 Å². The summed E-state index contributed by atoms with van der Waals surface area (Å²) in [7, 11) is 0. The molecule has 2 N–H and O–H groups in total. The molecule has 2 atom stereocenters. The molecule has 0 aliphatic carbocycles. The molecule has 1 aliphatic heterocycles. The smallest absolute Gasteiger partial charge is 0.237 e. The number of hydrogen-bond donors (Lipinski definition) is 2. The number of carbonyl (C=O) groups excluding carboxylic acids is 1. The molecule has 1 rings (SSSR count). The van der Waals surface area contributed by atoms with Gasteiger partial charge in [0.1, 0.15) is 0 Å². The van der Waals surface area contributed by atoms with Crippen molar-refractivity contribution >= 4 is 5.91 Å². The van der Waals surface area contributed by atoms with Crippen LogP contribution in [0.4, 0.5) is 0 Å². The van der Waals surface area contributed by atoms with Gasteiger partial charge in [-0.05, 0) is 38.6 Å². The van der Waals surface area contributed by atoms with Gasteiger partial charge in [0.2, 0.25) is 5.91 Å². The molecule has 0 aromatic rings. The van der Waals surface area contributed by atoms with Gasteiger partial charge in [-0.1, -0.05) is 25.5 Å². The molecule has 0 saturated carbocycles. The largest absolute Gasteiger partial charge is 0.354 e. The van der Waals surface area contributed by atoms with E-state index in [4.69, 9.17) is 0 Å². The molecular weight excluding hydrogens is 200 g/mol. The summed E-state index contributed by atoms with van der Waals surface area (Å²) in [5.74, 6) is 0.884. The Hall–Kier alpha value is -0.830. The summed E-state index contributed by atoms with van der Waals surface area (Å²) >= 11 is 0. The highest BCUT2D eigenvalue weighted by Crippen LogP contribution is 2.19. The molecule has 0 spiro atoms. The van der Waals surface area contributed by atoms with Gasteiger partial charge in [0.15, 0.2) is 0 Å². The molecule has 16 heavy (non-hydrogen) atoms. The van der Waals surface area contributed by atoms with Crippen LogP contribution in [0.15, 0.2) is 12.2 Å². The molecule has 3 heteroatoms. The van der Waals surface area contributed by atoms with Gasteiger partial charge < -0.3 is 10.6 Å². The van der Waals surface area contributed by atoms with E-state index in [9.17, 15) is 4.79 Å². The SMILES string of the molecule is C/C=C/CCNC(=O)C1CC(CC)CCN1. The lowest BCUT2D eigenvalue weighted by Crippen LogP contribution is -2.48. The van der Waals surface area contributed by atoms with Crippen molar-refractivity contribution in [2.75, 3.05) is 13.1 Å². The van der Waals surface area contributed by atoms with Crippen LogP contribution >= 0.6 is 0 Å². The first-order valence-electron chi connectivity index (χ1n) is 6.40. The van der Waals surface area contributed by atoms with Gasteiger partial charge >= 0.3 is 0 Å². The molecule has 3 nitrogen and oxygen atoms in total. The van der Waals surface area contributed by atoms with Crippen molar-refractivity contribution in [3.05, 3.63) is 12.2 Å². The first-order valence-corrected chi connectivity index (χ1v) is 6.40. The van der Waals surface area contributed by atoms with Crippen LogP contribution in [0, 0.1) is 5.92 Å². The minimum absolute atomic E-state index is 0.0318. The summed E-state index contributed by atoms with van der Waals surface area (Å²) in [5.41, 5.74) is 0. The van der Waals surface area contributed by atoms with Crippen molar-refractivity contribution in [3.8, 4) is 0 Å². The summed E-state index contributed by atoms with van der Waals surface area (Å²) < 4.78 is 0. The highest BCUT2D eigenvalue weighted by atomic mass is 16.2. The molecule has 92 valence electrons. The zero-order valence-corrected chi connectivity index (χ0v) is 10.5. The van der Waals surface area contributed by atoms with Crippen LogP contribution in [-0.4, -0.2) is 25.0 Å². The highest BCUT2D eigenvalue weighted by molar-refractivity contribution is 5.81. The first-order chi connectivity index (χ1) is 7.77. The molecule has 1 amide bonds. The number of nitrogens with one attached hydrogen (secondary N) is 2. The Kier molecular flexibility index (Phi) is 6.16. The molecule has 1 aliphatic rings. The van der Waals surface area contributed by atoms with Crippen LogP contribution in [0.1, 0.15) is 39.5 Å². The molecule has 1 heterocycles. The van der Waals surface area contributed by atoms with E-state index in [0.717, 1.165) is 25.9 Å². The number of piperidine rings is 1. The predicted octanol–water partition coefficient (Wildman–Crippen LogP) is 1.85. The molecular formula is C13H24N2O. The second-order valence-corrected chi connectivity index (χ2v) is 4.45. The third-order valence-electron chi connectivity index (χ3n) is 3.25. The van der Waals surface area contributed by atoms with Crippen molar-refractivity contribution in [1.82, 2.24) is 10.6 Å². The van der Waals surface area contributed by atoms with Crippen LogP contribution in [0.25, 0.3) is 0 Å². The van der Waals surface area contributed by atoms with Crippen molar-refractivity contribution in [1.29, 1.82) is 0 Å². The first kappa shape index (κ1) is 13.2. The average molecular weight is 224 g/mol. The lowest BCUT2D eigenvalue weighted by Gasteiger charge is -2.28. The summed E-state index contributed by atoms with van der Waals surface area (Å²) in [6, 6.07) is 0.0318. The summed E-state index contributed by atoms with van der Waals surface area (Å²) in [6.45, 7) is 5.93. The molecule has 0 aromatic carbocycles. The maximum absolute atomic E-state index is 11.8. The molecule has 0 radical (unpaired) electrons. The fraction of sp³-hybridized carbons (Fsp3) is 0.769. The Bertz CT molecular complexity index is 238. The van der Waals surface area contributed by atoms with Crippen molar-refractivity contribution < 1.29 is 4.79 Å². The molecule has 1 saturated heterocycles. The monoisotopic (exact) mass is 224 g/mol. The molecule has 0 aromatic heterocycles. The quantitative estimate of drug-likeness (QED) is 0.553.